The third-order valence-corrected chi connectivity index (χ3v) is 5.03. The molecule has 0 bridgehead atoms. The molecule has 1 amide bonds. The van der Waals surface area contributed by atoms with Crippen molar-refractivity contribution in [2.24, 2.45) is 0 Å². The summed E-state index contributed by atoms with van der Waals surface area (Å²) >= 11 is 0. The normalized spacial score (nSPS) is 18.9. The van der Waals surface area contributed by atoms with E-state index < -0.39 is 17.3 Å². The number of nitrogens with zero attached hydrogens (tertiary/aromatic N) is 1. The Bertz CT molecular complexity index is 1020. The van der Waals surface area contributed by atoms with Gasteiger partial charge in [-0.2, -0.15) is 13.2 Å². The molecule has 3 nitrogen and oxygen atoms in total. The molecule has 0 saturated heterocycles. The SMILES string of the molecule is CN1C(=O)[C@](Nc2ccccc2)(c2ccccc2)c2ccc(C(F)(F)F)cc21. The number of anilines is 2. The molecule has 1 atom stereocenters. The third-order valence-electron chi connectivity index (χ3n) is 5.03. The number of alkyl halides is 3. The number of carbonyl (C=O) groups is 1. The van der Waals surface area contributed by atoms with Crippen LogP contribution in [-0.2, 0) is 16.5 Å². The topological polar surface area (TPSA) is 32.3 Å². The highest BCUT2D eigenvalue weighted by Crippen LogP contribution is 2.47. The van der Waals surface area contributed by atoms with Gasteiger partial charge in [-0.15, -0.1) is 0 Å². The predicted octanol–water partition coefficient (Wildman–Crippen LogP) is 5.04. The van der Waals surface area contributed by atoms with E-state index in [1.165, 1.54) is 18.0 Å². The van der Waals surface area contributed by atoms with Crippen LogP contribution < -0.4 is 10.2 Å². The first-order valence-corrected chi connectivity index (χ1v) is 8.72. The molecule has 142 valence electrons. The second-order valence-corrected chi connectivity index (χ2v) is 6.70. The minimum absolute atomic E-state index is 0.243. The number of halogens is 3. The standard InChI is InChI=1S/C22H17F3N2O/c1-27-19-14-16(22(23,24)25)12-13-18(19)21(20(27)28,15-8-4-2-5-9-15)26-17-10-6-3-7-11-17/h2-14,26H,1H3/t21-/m0/s1. The zero-order chi connectivity index (χ0) is 19.9. The van der Waals surface area contributed by atoms with Crippen molar-refractivity contribution >= 4 is 17.3 Å². The van der Waals surface area contributed by atoms with Crippen molar-refractivity contribution in [1.82, 2.24) is 0 Å². The zero-order valence-electron chi connectivity index (χ0n) is 15.0. The lowest BCUT2D eigenvalue weighted by atomic mass is 9.83. The molecule has 0 spiro atoms. The lowest BCUT2D eigenvalue weighted by molar-refractivity contribution is -0.137. The number of benzene rings is 3. The smallest absolute Gasteiger partial charge is 0.364 e. The quantitative estimate of drug-likeness (QED) is 0.689. The van der Waals surface area contributed by atoms with Crippen molar-refractivity contribution < 1.29 is 18.0 Å². The largest absolute Gasteiger partial charge is 0.416 e. The summed E-state index contributed by atoms with van der Waals surface area (Å²) in [4.78, 5) is 14.7. The highest BCUT2D eigenvalue weighted by Gasteiger charge is 2.52. The van der Waals surface area contributed by atoms with Gasteiger partial charge in [0.05, 0.1) is 11.3 Å². The summed E-state index contributed by atoms with van der Waals surface area (Å²) in [6, 6.07) is 21.6. The van der Waals surface area contributed by atoms with E-state index in [0.717, 1.165) is 12.1 Å². The van der Waals surface area contributed by atoms with Crippen molar-refractivity contribution in [3.8, 4) is 0 Å². The van der Waals surface area contributed by atoms with Gasteiger partial charge >= 0.3 is 6.18 Å². The first-order valence-electron chi connectivity index (χ1n) is 8.72. The fourth-order valence-electron chi connectivity index (χ4n) is 3.68. The Kier molecular flexibility index (Phi) is 4.14. The molecular formula is C22H17F3N2O. The van der Waals surface area contributed by atoms with Gasteiger partial charge in [0.2, 0.25) is 0 Å². The summed E-state index contributed by atoms with van der Waals surface area (Å²) < 4.78 is 39.7. The molecule has 3 aromatic rings. The lowest BCUT2D eigenvalue weighted by Crippen LogP contribution is -2.46. The average Bonchev–Trinajstić information content (AvgIpc) is 2.91. The van der Waals surface area contributed by atoms with Gasteiger partial charge in [0.1, 0.15) is 0 Å². The van der Waals surface area contributed by atoms with E-state index in [2.05, 4.69) is 5.32 Å². The summed E-state index contributed by atoms with van der Waals surface area (Å²) in [5, 5.41) is 3.29. The minimum atomic E-state index is -4.48. The molecule has 0 saturated carbocycles. The van der Waals surface area contributed by atoms with Crippen molar-refractivity contribution in [3.05, 3.63) is 95.6 Å². The molecule has 1 N–H and O–H groups in total. The molecule has 6 heteroatoms. The van der Waals surface area contributed by atoms with Crippen LogP contribution in [0.25, 0.3) is 0 Å². The van der Waals surface area contributed by atoms with Crippen molar-refractivity contribution in [1.29, 1.82) is 0 Å². The number of hydrogen-bond acceptors (Lipinski definition) is 2. The van der Waals surface area contributed by atoms with Gasteiger partial charge in [-0.1, -0.05) is 54.6 Å². The average molecular weight is 382 g/mol. The van der Waals surface area contributed by atoms with Crippen molar-refractivity contribution in [2.45, 2.75) is 11.7 Å². The van der Waals surface area contributed by atoms with Crippen LogP contribution in [0.5, 0.6) is 0 Å². The minimum Gasteiger partial charge on any atom is -0.364 e. The molecule has 28 heavy (non-hydrogen) atoms. The Labute approximate surface area is 160 Å². The van der Waals surface area contributed by atoms with E-state index in [0.29, 0.717) is 16.8 Å². The van der Waals surface area contributed by atoms with E-state index in [-0.39, 0.29) is 11.6 Å². The number of rotatable bonds is 3. The monoisotopic (exact) mass is 382 g/mol. The fraction of sp³-hybridized carbons (Fsp3) is 0.136. The maximum absolute atomic E-state index is 13.4. The van der Waals surface area contributed by atoms with Gasteiger partial charge in [-0.05, 0) is 29.8 Å². The van der Waals surface area contributed by atoms with E-state index in [1.807, 2.05) is 36.4 Å². The van der Waals surface area contributed by atoms with Gasteiger partial charge in [0, 0.05) is 18.3 Å². The maximum Gasteiger partial charge on any atom is 0.416 e. The molecule has 0 radical (unpaired) electrons. The maximum atomic E-state index is 13.4. The number of fused-ring (bicyclic) bond motifs is 1. The van der Waals surface area contributed by atoms with E-state index in [4.69, 9.17) is 0 Å². The summed E-state index contributed by atoms with van der Waals surface area (Å²) in [7, 11) is 1.50. The summed E-state index contributed by atoms with van der Waals surface area (Å²) in [6.45, 7) is 0. The van der Waals surface area contributed by atoms with Gasteiger partial charge in [0.25, 0.3) is 5.91 Å². The van der Waals surface area contributed by atoms with Crippen LogP contribution in [0.3, 0.4) is 0 Å². The highest BCUT2D eigenvalue weighted by molar-refractivity contribution is 6.11. The Morgan fingerprint density at radius 3 is 2.11 bits per heavy atom. The Morgan fingerprint density at radius 1 is 0.893 bits per heavy atom. The molecular weight excluding hydrogens is 365 g/mol. The second kappa shape index (κ2) is 6.41. The van der Waals surface area contributed by atoms with Crippen LogP contribution in [0.4, 0.5) is 24.5 Å². The van der Waals surface area contributed by atoms with Crippen molar-refractivity contribution in [3.63, 3.8) is 0 Å². The van der Waals surface area contributed by atoms with Crippen LogP contribution >= 0.6 is 0 Å². The molecule has 1 aliphatic heterocycles. The Hall–Kier alpha value is -3.28. The van der Waals surface area contributed by atoms with E-state index in [1.54, 1.807) is 24.3 Å². The number of nitrogens with one attached hydrogen (secondary N) is 1. The number of carbonyl (C=O) groups excluding carboxylic acids is 1. The van der Waals surface area contributed by atoms with Gasteiger partial charge in [-0.3, -0.25) is 4.79 Å². The van der Waals surface area contributed by atoms with Crippen LogP contribution in [0.1, 0.15) is 16.7 Å². The van der Waals surface area contributed by atoms with E-state index >= 15 is 0 Å². The van der Waals surface area contributed by atoms with Crippen molar-refractivity contribution in [2.75, 3.05) is 17.3 Å². The molecule has 4 rings (SSSR count). The van der Waals surface area contributed by atoms with E-state index in [9.17, 15) is 18.0 Å². The molecule has 0 fully saturated rings. The van der Waals surface area contributed by atoms with Gasteiger partial charge in [0.15, 0.2) is 5.54 Å². The zero-order valence-corrected chi connectivity index (χ0v) is 15.0. The van der Waals surface area contributed by atoms with Gasteiger partial charge in [-0.25, -0.2) is 0 Å². The third kappa shape index (κ3) is 2.72. The summed E-state index contributed by atoms with van der Waals surface area (Å²) in [6.07, 6.45) is -4.48. The molecule has 0 aromatic heterocycles. The lowest BCUT2D eigenvalue weighted by Gasteiger charge is -2.31. The number of likely N-dealkylation sites (N-methyl/N-ethyl adjacent to an activating group) is 1. The van der Waals surface area contributed by atoms with Crippen LogP contribution in [0.15, 0.2) is 78.9 Å². The number of para-hydroxylation sites is 1. The van der Waals surface area contributed by atoms with Crippen LogP contribution in [0.2, 0.25) is 0 Å². The van der Waals surface area contributed by atoms with Gasteiger partial charge < -0.3 is 10.2 Å². The molecule has 0 unspecified atom stereocenters. The first kappa shape index (κ1) is 18.1. The molecule has 3 aromatic carbocycles. The molecule has 1 heterocycles. The first-order chi connectivity index (χ1) is 13.3. The Morgan fingerprint density at radius 2 is 1.50 bits per heavy atom. The fourth-order valence-corrected chi connectivity index (χ4v) is 3.68. The predicted molar refractivity (Wildman–Crippen MR) is 102 cm³/mol. The van der Waals surface area contributed by atoms with Crippen LogP contribution in [-0.4, -0.2) is 13.0 Å². The molecule has 1 aliphatic rings. The Balaban J connectivity index is 1.96. The van der Waals surface area contributed by atoms with Crippen LogP contribution in [0, 0.1) is 0 Å². The summed E-state index contributed by atoms with van der Waals surface area (Å²) in [5.41, 5.74) is -0.00343. The second-order valence-electron chi connectivity index (χ2n) is 6.70. The highest BCUT2D eigenvalue weighted by atomic mass is 19.4. The number of amides is 1. The summed E-state index contributed by atoms with van der Waals surface area (Å²) in [5.74, 6) is -0.336. The molecule has 0 aliphatic carbocycles. The number of hydrogen-bond donors (Lipinski definition) is 1.